The zero-order chi connectivity index (χ0) is 10.0. The average Bonchev–Trinajstić information content (AvgIpc) is 2.32. The first-order valence-corrected chi connectivity index (χ1v) is 3.58. The molecular formula is C7H9N3O3. The molecule has 0 aromatic carbocycles. The van der Waals surface area contributed by atoms with E-state index >= 15 is 0 Å². The highest BCUT2D eigenvalue weighted by Gasteiger charge is 2.14. The van der Waals surface area contributed by atoms with E-state index in [9.17, 15) is 9.59 Å². The van der Waals surface area contributed by atoms with Crippen molar-refractivity contribution in [1.82, 2.24) is 10.2 Å². The molecule has 6 heteroatoms. The zero-order valence-electron chi connectivity index (χ0n) is 7.21. The van der Waals surface area contributed by atoms with Gasteiger partial charge in [-0.2, -0.15) is 5.10 Å². The van der Waals surface area contributed by atoms with E-state index in [2.05, 4.69) is 15.5 Å². The highest BCUT2D eigenvalue weighted by atomic mass is 16.4. The minimum absolute atomic E-state index is 0.0104. The van der Waals surface area contributed by atoms with Crippen LogP contribution in [0.3, 0.4) is 0 Å². The predicted octanol–water partition coefficient (Wildman–Crippen LogP) is 0.375. The van der Waals surface area contributed by atoms with Gasteiger partial charge in [-0.3, -0.25) is 9.89 Å². The van der Waals surface area contributed by atoms with Crippen molar-refractivity contribution in [2.75, 3.05) is 5.32 Å². The van der Waals surface area contributed by atoms with Gasteiger partial charge in [-0.05, 0) is 6.92 Å². The minimum atomic E-state index is -1.10. The van der Waals surface area contributed by atoms with E-state index in [1.54, 1.807) is 6.92 Å². The Morgan fingerprint density at radius 2 is 2.15 bits per heavy atom. The second-order valence-electron chi connectivity index (χ2n) is 2.56. The van der Waals surface area contributed by atoms with Gasteiger partial charge in [0.1, 0.15) is 5.69 Å². The Bertz CT molecular complexity index is 356. The van der Waals surface area contributed by atoms with Gasteiger partial charge in [0.2, 0.25) is 5.91 Å². The number of anilines is 1. The van der Waals surface area contributed by atoms with Crippen LogP contribution in [-0.2, 0) is 4.79 Å². The van der Waals surface area contributed by atoms with Crippen LogP contribution in [0.2, 0.25) is 0 Å². The molecule has 3 N–H and O–H groups in total. The number of rotatable bonds is 2. The fourth-order valence-corrected chi connectivity index (χ4v) is 0.895. The molecule has 1 aromatic rings. The van der Waals surface area contributed by atoms with E-state index in [0.29, 0.717) is 5.56 Å². The van der Waals surface area contributed by atoms with Crippen molar-refractivity contribution in [1.29, 1.82) is 0 Å². The summed E-state index contributed by atoms with van der Waals surface area (Å²) in [5, 5.41) is 17.0. The number of nitrogens with one attached hydrogen (secondary N) is 2. The largest absolute Gasteiger partial charge is 0.477 e. The lowest BCUT2D eigenvalue weighted by Crippen LogP contribution is -2.07. The normalized spacial score (nSPS) is 9.69. The molecule has 0 aliphatic heterocycles. The number of nitrogens with zero attached hydrogens (tertiary/aromatic N) is 1. The molecular weight excluding hydrogens is 174 g/mol. The van der Waals surface area contributed by atoms with Gasteiger partial charge >= 0.3 is 5.97 Å². The summed E-state index contributed by atoms with van der Waals surface area (Å²) in [5.41, 5.74) is 0.409. The number of carbonyl (C=O) groups is 2. The van der Waals surface area contributed by atoms with Crippen molar-refractivity contribution < 1.29 is 14.7 Å². The van der Waals surface area contributed by atoms with Crippen LogP contribution < -0.4 is 5.32 Å². The van der Waals surface area contributed by atoms with Crippen molar-refractivity contribution in [3.8, 4) is 0 Å². The smallest absolute Gasteiger partial charge is 0.354 e. The van der Waals surface area contributed by atoms with Crippen molar-refractivity contribution in [2.24, 2.45) is 0 Å². The standard InChI is InChI=1S/C7H9N3O3/c1-3-5(7(12)13)9-10-6(3)8-4(2)11/h1-2H3,(H,12,13)(H2,8,9,10,11). The molecule has 13 heavy (non-hydrogen) atoms. The Kier molecular flexibility index (Phi) is 2.32. The monoisotopic (exact) mass is 183 g/mol. The number of aromatic nitrogens is 2. The zero-order valence-corrected chi connectivity index (χ0v) is 7.21. The first-order valence-electron chi connectivity index (χ1n) is 3.58. The molecule has 0 aliphatic carbocycles. The predicted molar refractivity (Wildman–Crippen MR) is 44.6 cm³/mol. The summed E-state index contributed by atoms with van der Waals surface area (Å²) in [4.78, 5) is 21.2. The molecule has 0 unspecified atom stereocenters. The molecule has 0 atom stereocenters. The van der Waals surface area contributed by atoms with Crippen molar-refractivity contribution in [3.63, 3.8) is 0 Å². The number of carbonyl (C=O) groups excluding carboxylic acids is 1. The number of H-pyrrole nitrogens is 1. The van der Waals surface area contributed by atoms with Gasteiger partial charge in [-0.25, -0.2) is 4.79 Å². The number of carboxylic acid groups (broad SMARTS) is 1. The lowest BCUT2D eigenvalue weighted by Gasteiger charge is -1.96. The molecule has 0 aliphatic rings. The number of aromatic amines is 1. The summed E-state index contributed by atoms with van der Waals surface area (Å²) in [7, 11) is 0. The molecule has 0 radical (unpaired) electrons. The highest BCUT2D eigenvalue weighted by Crippen LogP contribution is 2.14. The number of amides is 1. The third kappa shape index (κ3) is 1.84. The first kappa shape index (κ1) is 9.24. The quantitative estimate of drug-likeness (QED) is 0.617. The van der Waals surface area contributed by atoms with Gasteiger partial charge in [0, 0.05) is 12.5 Å². The van der Waals surface area contributed by atoms with Gasteiger partial charge in [-0.15, -0.1) is 0 Å². The Morgan fingerprint density at radius 3 is 2.54 bits per heavy atom. The summed E-state index contributed by atoms with van der Waals surface area (Å²) in [5.74, 6) is -1.13. The van der Waals surface area contributed by atoms with E-state index in [4.69, 9.17) is 5.11 Å². The van der Waals surface area contributed by atoms with Crippen LogP contribution in [0.15, 0.2) is 0 Å². The van der Waals surface area contributed by atoms with Crippen molar-refractivity contribution in [3.05, 3.63) is 11.3 Å². The van der Waals surface area contributed by atoms with Gasteiger partial charge in [-0.1, -0.05) is 0 Å². The van der Waals surface area contributed by atoms with E-state index < -0.39 is 5.97 Å². The summed E-state index contributed by atoms with van der Waals surface area (Å²) in [6.07, 6.45) is 0. The molecule has 6 nitrogen and oxygen atoms in total. The maximum atomic E-state index is 10.6. The SMILES string of the molecule is CC(=O)Nc1n[nH]c(C(=O)O)c1C. The van der Waals surface area contributed by atoms with Crippen LogP contribution in [0.1, 0.15) is 23.0 Å². The van der Waals surface area contributed by atoms with E-state index in [1.807, 2.05) is 0 Å². The van der Waals surface area contributed by atoms with Crippen molar-refractivity contribution >= 4 is 17.7 Å². The van der Waals surface area contributed by atoms with E-state index in [0.717, 1.165) is 0 Å². The number of carboxylic acids is 1. The van der Waals surface area contributed by atoms with Crippen LogP contribution in [0.25, 0.3) is 0 Å². The topological polar surface area (TPSA) is 95.1 Å². The molecule has 1 heterocycles. The maximum absolute atomic E-state index is 10.6. The summed E-state index contributed by atoms with van der Waals surface area (Å²) in [6.45, 7) is 2.90. The van der Waals surface area contributed by atoms with Crippen LogP contribution in [-0.4, -0.2) is 27.2 Å². The van der Waals surface area contributed by atoms with Gasteiger partial charge in [0.15, 0.2) is 5.82 Å². The molecule has 0 bridgehead atoms. The maximum Gasteiger partial charge on any atom is 0.354 e. The Hall–Kier alpha value is -1.85. The summed E-state index contributed by atoms with van der Waals surface area (Å²) in [6, 6.07) is 0. The third-order valence-electron chi connectivity index (χ3n) is 1.52. The molecule has 0 saturated carbocycles. The molecule has 1 aromatic heterocycles. The van der Waals surface area contributed by atoms with E-state index in [-0.39, 0.29) is 17.4 Å². The summed E-state index contributed by atoms with van der Waals surface area (Å²) >= 11 is 0. The number of hydrogen-bond donors (Lipinski definition) is 3. The molecule has 1 rings (SSSR count). The lowest BCUT2D eigenvalue weighted by atomic mass is 10.2. The highest BCUT2D eigenvalue weighted by molar-refractivity contribution is 5.93. The molecule has 0 saturated heterocycles. The van der Waals surface area contributed by atoms with Crippen LogP contribution in [0, 0.1) is 6.92 Å². The van der Waals surface area contributed by atoms with Gasteiger partial charge in [0.05, 0.1) is 0 Å². The lowest BCUT2D eigenvalue weighted by molar-refractivity contribution is -0.114. The second-order valence-corrected chi connectivity index (χ2v) is 2.56. The Balaban J connectivity index is 2.99. The fourth-order valence-electron chi connectivity index (χ4n) is 0.895. The molecule has 0 spiro atoms. The number of hydrogen-bond acceptors (Lipinski definition) is 3. The molecule has 70 valence electrons. The van der Waals surface area contributed by atoms with Crippen LogP contribution >= 0.6 is 0 Å². The Labute approximate surface area is 74.0 Å². The van der Waals surface area contributed by atoms with Crippen LogP contribution in [0.5, 0.6) is 0 Å². The van der Waals surface area contributed by atoms with Gasteiger partial charge in [0.25, 0.3) is 0 Å². The summed E-state index contributed by atoms with van der Waals surface area (Å²) < 4.78 is 0. The van der Waals surface area contributed by atoms with Gasteiger partial charge < -0.3 is 10.4 Å². The number of aromatic carboxylic acids is 1. The third-order valence-corrected chi connectivity index (χ3v) is 1.52. The van der Waals surface area contributed by atoms with Crippen LogP contribution in [0.4, 0.5) is 5.82 Å². The first-order chi connectivity index (χ1) is 6.02. The molecule has 1 amide bonds. The average molecular weight is 183 g/mol. The van der Waals surface area contributed by atoms with E-state index in [1.165, 1.54) is 6.92 Å². The minimum Gasteiger partial charge on any atom is -0.477 e. The fraction of sp³-hybridized carbons (Fsp3) is 0.286. The van der Waals surface area contributed by atoms with Crippen molar-refractivity contribution in [2.45, 2.75) is 13.8 Å². The second kappa shape index (κ2) is 3.26. The molecule has 0 fully saturated rings. The Morgan fingerprint density at radius 1 is 1.54 bits per heavy atom.